The van der Waals surface area contributed by atoms with Crippen molar-refractivity contribution in [3.63, 3.8) is 0 Å². The molecule has 0 saturated heterocycles. The Morgan fingerprint density at radius 3 is 2.57 bits per heavy atom. The van der Waals surface area contributed by atoms with Crippen LogP contribution in [0.4, 0.5) is 11.5 Å². The molecule has 0 bridgehead atoms. The van der Waals surface area contributed by atoms with Crippen LogP contribution >= 0.6 is 12.2 Å². The van der Waals surface area contributed by atoms with Gasteiger partial charge >= 0.3 is 0 Å². The van der Waals surface area contributed by atoms with Gasteiger partial charge in [0.25, 0.3) is 0 Å². The lowest BCUT2D eigenvalue weighted by Gasteiger charge is -2.10. The molecule has 0 saturated carbocycles. The molecular formula is C25H26N4S. The van der Waals surface area contributed by atoms with E-state index in [9.17, 15) is 0 Å². The quantitative estimate of drug-likeness (QED) is 0.351. The lowest BCUT2D eigenvalue weighted by Crippen LogP contribution is -2.19. The van der Waals surface area contributed by atoms with Gasteiger partial charge in [-0.3, -0.25) is 4.68 Å². The second-order valence-electron chi connectivity index (χ2n) is 7.42. The Bertz CT molecular complexity index is 1130. The number of hydrogen-bond acceptors (Lipinski definition) is 2. The monoisotopic (exact) mass is 414 g/mol. The molecular weight excluding hydrogens is 388 g/mol. The fourth-order valence-corrected chi connectivity index (χ4v) is 3.76. The number of aryl methyl sites for hydroxylation is 1. The van der Waals surface area contributed by atoms with Crippen molar-refractivity contribution in [3.8, 4) is 0 Å². The highest BCUT2D eigenvalue weighted by Crippen LogP contribution is 2.19. The molecule has 0 fully saturated rings. The number of nitrogens with one attached hydrogen (secondary N) is 2. The first kappa shape index (κ1) is 20.1. The van der Waals surface area contributed by atoms with Gasteiger partial charge in [0, 0.05) is 18.0 Å². The summed E-state index contributed by atoms with van der Waals surface area (Å²) in [6.07, 6.45) is 5.51. The van der Waals surface area contributed by atoms with Crippen LogP contribution in [-0.4, -0.2) is 14.9 Å². The van der Waals surface area contributed by atoms with Crippen LogP contribution in [0, 0.1) is 0 Å². The predicted molar refractivity (Wildman–Crippen MR) is 130 cm³/mol. The third kappa shape index (κ3) is 5.05. The summed E-state index contributed by atoms with van der Waals surface area (Å²) in [7, 11) is 0. The minimum atomic E-state index is 0.534. The molecule has 152 valence electrons. The fourth-order valence-electron chi connectivity index (χ4n) is 3.54. The summed E-state index contributed by atoms with van der Waals surface area (Å²) in [5.74, 6) is 0.729. The number of unbranched alkanes of at least 4 members (excludes halogenated alkanes) is 1. The smallest absolute Gasteiger partial charge is 0.176 e. The summed E-state index contributed by atoms with van der Waals surface area (Å²) in [5.41, 5.74) is 3.57. The Balaban J connectivity index is 1.36. The summed E-state index contributed by atoms with van der Waals surface area (Å²) < 4.78 is 1.93. The second-order valence-corrected chi connectivity index (χ2v) is 7.82. The van der Waals surface area contributed by atoms with Gasteiger partial charge in [-0.2, -0.15) is 5.10 Å². The first-order chi connectivity index (χ1) is 14.7. The summed E-state index contributed by atoms with van der Waals surface area (Å²) in [6, 6.07) is 25.2. The molecule has 1 aromatic heterocycles. The minimum Gasteiger partial charge on any atom is -0.332 e. The number of thiocarbonyl (C=S) groups is 1. The van der Waals surface area contributed by atoms with Crippen LogP contribution in [0.5, 0.6) is 0 Å². The molecule has 0 atom stereocenters. The summed E-state index contributed by atoms with van der Waals surface area (Å²) in [5, 5.41) is 14.0. The Hall–Kier alpha value is -3.18. The third-order valence-electron chi connectivity index (χ3n) is 5.13. The van der Waals surface area contributed by atoms with E-state index in [1.54, 1.807) is 0 Å². The Morgan fingerprint density at radius 2 is 1.73 bits per heavy atom. The molecule has 0 aliphatic rings. The van der Waals surface area contributed by atoms with Gasteiger partial charge in [0.1, 0.15) is 0 Å². The highest BCUT2D eigenvalue weighted by molar-refractivity contribution is 7.80. The van der Waals surface area contributed by atoms with Crippen molar-refractivity contribution in [2.45, 2.75) is 32.7 Å². The van der Waals surface area contributed by atoms with Crippen LogP contribution in [0.2, 0.25) is 0 Å². The second kappa shape index (κ2) is 9.55. The van der Waals surface area contributed by atoms with E-state index in [-0.39, 0.29) is 0 Å². The molecule has 4 rings (SSSR count). The van der Waals surface area contributed by atoms with E-state index in [0.717, 1.165) is 17.9 Å². The van der Waals surface area contributed by atoms with Crippen molar-refractivity contribution < 1.29 is 0 Å². The topological polar surface area (TPSA) is 41.9 Å². The number of rotatable bonds is 7. The maximum Gasteiger partial charge on any atom is 0.176 e. The third-order valence-corrected chi connectivity index (χ3v) is 5.33. The highest BCUT2D eigenvalue weighted by atomic mass is 32.1. The van der Waals surface area contributed by atoms with Crippen LogP contribution in [0.1, 0.15) is 30.9 Å². The maximum absolute atomic E-state index is 5.45. The normalized spacial score (nSPS) is 10.8. The van der Waals surface area contributed by atoms with Gasteiger partial charge in [-0.25, -0.2) is 0 Å². The van der Waals surface area contributed by atoms with Crippen LogP contribution < -0.4 is 10.6 Å². The SMILES string of the molecule is CCCCc1ccc(NC(=S)Nc2ccn(Cc3cccc4ccccc34)n2)cc1. The van der Waals surface area contributed by atoms with E-state index in [2.05, 4.69) is 89.4 Å². The van der Waals surface area contributed by atoms with Gasteiger partial charge in [-0.15, -0.1) is 0 Å². The minimum absolute atomic E-state index is 0.534. The molecule has 4 aromatic rings. The Morgan fingerprint density at radius 1 is 0.933 bits per heavy atom. The zero-order valence-corrected chi connectivity index (χ0v) is 18.0. The van der Waals surface area contributed by atoms with Crippen LogP contribution in [0.25, 0.3) is 10.8 Å². The van der Waals surface area contributed by atoms with Crippen molar-refractivity contribution >= 4 is 39.6 Å². The van der Waals surface area contributed by atoms with Crippen LogP contribution in [0.3, 0.4) is 0 Å². The molecule has 3 aromatic carbocycles. The summed E-state index contributed by atoms with van der Waals surface area (Å²) in [6.45, 7) is 2.92. The zero-order chi connectivity index (χ0) is 20.8. The number of benzene rings is 3. The predicted octanol–water partition coefficient (Wildman–Crippen LogP) is 6.24. The van der Waals surface area contributed by atoms with Gasteiger partial charge in [0.15, 0.2) is 10.9 Å². The molecule has 0 aliphatic carbocycles. The van der Waals surface area contributed by atoms with Crippen molar-refractivity contribution in [2.24, 2.45) is 0 Å². The molecule has 5 heteroatoms. The molecule has 0 spiro atoms. The molecule has 0 amide bonds. The van der Waals surface area contributed by atoms with E-state index >= 15 is 0 Å². The first-order valence-electron chi connectivity index (χ1n) is 10.4. The molecule has 30 heavy (non-hydrogen) atoms. The van der Waals surface area contributed by atoms with Gasteiger partial charge < -0.3 is 10.6 Å². The van der Waals surface area contributed by atoms with Gasteiger partial charge in [-0.05, 0) is 59.1 Å². The van der Waals surface area contributed by atoms with E-state index < -0.39 is 0 Å². The standard InChI is InChI=1S/C25H26N4S/c1-2-3-7-19-12-14-22(15-13-19)26-25(30)27-24-16-17-29(28-24)18-21-10-6-9-20-8-4-5-11-23(20)21/h4-6,8-17H,2-3,7,18H2,1H3,(H2,26,27,28,30). The number of anilines is 2. The highest BCUT2D eigenvalue weighted by Gasteiger charge is 2.05. The average molecular weight is 415 g/mol. The van der Waals surface area contributed by atoms with E-state index in [4.69, 9.17) is 12.2 Å². The largest absolute Gasteiger partial charge is 0.332 e. The average Bonchev–Trinajstić information content (AvgIpc) is 3.20. The summed E-state index contributed by atoms with van der Waals surface area (Å²) >= 11 is 5.45. The number of fused-ring (bicyclic) bond motifs is 1. The van der Waals surface area contributed by atoms with Crippen LogP contribution in [0.15, 0.2) is 79.0 Å². The number of nitrogens with zero attached hydrogens (tertiary/aromatic N) is 2. The lowest BCUT2D eigenvalue weighted by molar-refractivity contribution is 0.693. The van der Waals surface area contributed by atoms with Gasteiger partial charge in [0.05, 0.1) is 6.54 Å². The van der Waals surface area contributed by atoms with Gasteiger partial charge in [-0.1, -0.05) is 67.9 Å². The van der Waals surface area contributed by atoms with Crippen molar-refractivity contribution in [1.29, 1.82) is 0 Å². The molecule has 2 N–H and O–H groups in total. The van der Waals surface area contributed by atoms with E-state index in [1.165, 1.54) is 34.7 Å². The van der Waals surface area contributed by atoms with Crippen molar-refractivity contribution in [3.05, 3.63) is 90.1 Å². The molecule has 0 unspecified atom stereocenters. The summed E-state index contributed by atoms with van der Waals surface area (Å²) in [4.78, 5) is 0. The van der Waals surface area contributed by atoms with Crippen molar-refractivity contribution in [1.82, 2.24) is 9.78 Å². The number of hydrogen-bond donors (Lipinski definition) is 2. The van der Waals surface area contributed by atoms with E-state index in [1.807, 2.05) is 16.9 Å². The zero-order valence-electron chi connectivity index (χ0n) is 17.1. The molecule has 4 nitrogen and oxygen atoms in total. The van der Waals surface area contributed by atoms with Crippen molar-refractivity contribution in [2.75, 3.05) is 10.6 Å². The molecule has 0 radical (unpaired) electrons. The van der Waals surface area contributed by atoms with Gasteiger partial charge in [0.2, 0.25) is 0 Å². The van der Waals surface area contributed by atoms with Crippen LogP contribution in [-0.2, 0) is 13.0 Å². The molecule has 1 heterocycles. The van der Waals surface area contributed by atoms with E-state index in [0.29, 0.717) is 11.7 Å². The first-order valence-corrected chi connectivity index (χ1v) is 10.8. The Labute approximate surface area is 182 Å². The fraction of sp³-hybridized carbons (Fsp3) is 0.200. The Kier molecular flexibility index (Phi) is 6.40. The maximum atomic E-state index is 5.45. The lowest BCUT2D eigenvalue weighted by atomic mass is 10.0. The molecule has 0 aliphatic heterocycles. The number of aromatic nitrogens is 2.